The van der Waals surface area contributed by atoms with E-state index in [2.05, 4.69) is 0 Å². The third-order valence-corrected chi connectivity index (χ3v) is 4.97. The summed E-state index contributed by atoms with van der Waals surface area (Å²) in [6.45, 7) is -0.314. The van der Waals surface area contributed by atoms with E-state index in [0.29, 0.717) is 16.8 Å². The predicted molar refractivity (Wildman–Crippen MR) is 106 cm³/mol. The van der Waals surface area contributed by atoms with Crippen LogP contribution in [0.2, 0.25) is 0 Å². The molecule has 124 valence electrons. The molecule has 26 heavy (non-hydrogen) atoms. The van der Waals surface area contributed by atoms with Crippen LogP contribution in [0.15, 0.2) is 66.9 Å². The summed E-state index contributed by atoms with van der Waals surface area (Å²) in [5.74, 6) is 0.00303. The highest BCUT2D eigenvalue weighted by Gasteiger charge is 2.26. The molecule has 0 bridgehead atoms. The number of nitrogens with zero attached hydrogens (tertiary/aromatic N) is 1. The van der Waals surface area contributed by atoms with Crippen LogP contribution in [0.5, 0.6) is 0 Å². The van der Waals surface area contributed by atoms with Crippen molar-refractivity contribution in [3.8, 4) is 22.4 Å². The molecule has 1 heterocycles. The molecular formula is C24H17NO. The van der Waals surface area contributed by atoms with Gasteiger partial charge in [-0.3, -0.25) is 9.78 Å². The number of carbonyl (C=O) groups is 1. The highest BCUT2D eigenvalue weighted by atomic mass is 16.1. The molecule has 2 nitrogen and oxygen atoms in total. The van der Waals surface area contributed by atoms with Gasteiger partial charge in [0.05, 0.1) is 5.69 Å². The van der Waals surface area contributed by atoms with Crippen molar-refractivity contribution >= 4 is 16.6 Å². The fourth-order valence-corrected chi connectivity index (χ4v) is 3.91. The van der Waals surface area contributed by atoms with E-state index in [4.69, 9.17) is 9.10 Å². The fraction of sp³-hybridized carbons (Fsp3) is 0.0833. The van der Waals surface area contributed by atoms with Crippen molar-refractivity contribution in [3.05, 3.63) is 89.1 Å². The normalized spacial score (nSPS) is 14.5. The average Bonchev–Trinajstić information content (AvgIpc) is 2.70. The molecule has 4 aromatic rings. The van der Waals surface area contributed by atoms with E-state index >= 15 is 0 Å². The lowest BCUT2D eigenvalue weighted by atomic mass is 9.83. The largest absolute Gasteiger partial charge is 0.289 e. The summed E-state index contributed by atoms with van der Waals surface area (Å²) in [7, 11) is 0. The van der Waals surface area contributed by atoms with Gasteiger partial charge in [0, 0.05) is 43.3 Å². The van der Waals surface area contributed by atoms with Crippen LogP contribution in [0, 0.1) is 13.8 Å². The SMILES string of the molecule is [2H]C([2H])([2H])c1cc(C)cc(-c2ncc3c4c(cccc24)C(=O)c2ccccc2-3)c1. The third kappa shape index (κ3) is 2.05. The zero-order chi connectivity index (χ0) is 20.3. The molecule has 0 spiro atoms. The average molecular weight is 338 g/mol. The Morgan fingerprint density at radius 2 is 1.62 bits per heavy atom. The van der Waals surface area contributed by atoms with E-state index in [0.717, 1.165) is 33.0 Å². The maximum Gasteiger partial charge on any atom is 0.194 e. The first-order chi connectivity index (χ1) is 13.8. The number of benzene rings is 3. The van der Waals surface area contributed by atoms with Crippen LogP contribution in [0.4, 0.5) is 0 Å². The first kappa shape index (κ1) is 12.2. The number of hydrogen-bond donors (Lipinski definition) is 0. The Hall–Kier alpha value is -3.26. The van der Waals surface area contributed by atoms with Gasteiger partial charge in [0.1, 0.15) is 0 Å². The Balaban J connectivity index is 1.84. The highest BCUT2D eigenvalue weighted by molar-refractivity contribution is 6.26. The molecular weight excluding hydrogens is 318 g/mol. The van der Waals surface area contributed by atoms with Gasteiger partial charge in [-0.05, 0) is 31.5 Å². The van der Waals surface area contributed by atoms with Crippen molar-refractivity contribution in [3.63, 3.8) is 0 Å². The van der Waals surface area contributed by atoms with Gasteiger partial charge in [-0.25, -0.2) is 0 Å². The minimum atomic E-state index is -2.19. The van der Waals surface area contributed by atoms with Crippen molar-refractivity contribution in [2.75, 3.05) is 0 Å². The number of ketones is 1. The predicted octanol–water partition coefficient (Wildman–Crippen LogP) is 5.73. The van der Waals surface area contributed by atoms with E-state index in [9.17, 15) is 4.79 Å². The van der Waals surface area contributed by atoms with Crippen molar-refractivity contribution < 1.29 is 8.91 Å². The van der Waals surface area contributed by atoms with Gasteiger partial charge in [-0.15, -0.1) is 0 Å². The van der Waals surface area contributed by atoms with Crippen LogP contribution in [0.3, 0.4) is 0 Å². The topological polar surface area (TPSA) is 30.0 Å². The lowest BCUT2D eigenvalue weighted by Gasteiger charge is -2.20. The molecule has 0 unspecified atom stereocenters. The summed E-state index contributed by atoms with van der Waals surface area (Å²) in [6.07, 6.45) is 1.80. The number of pyridine rings is 1. The molecule has 0 N–H and O–H groups in total. The Bertz CT molecular complexity index is 1320. The Labute approximate surface area is 156 Å². The summed E-state index contributed by atoms with van der Waals surface area (Å²) in [5, 5.41) is 1.73. The zero-order valence-electron chi connectivity index (χ0n) is 17.2. The number of rotatable bonds is 1. The lowest BCUT2D eigenvalue weighted by molar-refractivity contribution is 0.104. The van der Waals surface area contributed by atoms with Crippen LogP contribution in [-0.2, 0) is 0 Å². The molecule has 5 rings (SSSR count). The lowest BCUT2D eigenvalue weighted by Crippen LogP contribution is -2.10. The number of aryl methyl sites for hydroxylation is 2. The zero-order valence-corrected chi connectivity index (χ0v) is 14.2. The summed E-state index contributed by atoms with van der Waals surface area (Å²) < 4.78 is 23.3. The van der Waals surface area contributed by atoms with Crippen LogP contribution in [0.25, 0.3) is 33.2 Å². The molecule has 1 aliphatic carbocycles. The van der Waals surface area contributed by atoms with Crippen LogP contribution in [0.1, 0.15) is 31.2 Å². The van der Waals surface area contributed by atoms with Gasteiger partial charge >= 0.3 is 0 Å². The Kier molecular flexibility index (Phi) is 2.51. The molecule has 0 saturated carbocycles. The number of fused-ring (bicyclic) bond motifs is 2. The smallest absolute Gasteiger partial charge is 0.194 e. The molecule has 0 atom stereocenters. The monoisotopic (exact) mass is 338 g/mol. The van der Waals surface area contributed by atoms with Gasteiger partial charge in [-0.1, -0.05) is 59.7 Å². The molecule has 0 fully saturated rings. The molecule has 0 saturated heterocycles. The molecule has 2 heteroatoms. The van der Waals surface area contributed by atoms with E-state index < -0.39 is 6.85 Å². The quantitative estimate of drug-likeness (QED) is 0.391. The summed E-state index contributed by atoms with van der Waals surface area (Å²) in [6, 6.07) is 18.5. The summed E-state index contributed by atoms with van der Waals surface area (Å²) in [5.41, 5.74) is 5.73. The second-order valence-electron chi connectivity index (χ2n) is 6.71. The van der Waals surface area contributed by atoms with Gasteiger partial charge in [0.25, 0.3) is 0 Å². The van der Waals surface area contributed by atoms with Crippen LogP contribution >= 0.6 is 0 Å². The second-order valence-corrected chi connectivity index (χ2v) is 6.71. The van der Waals surface area contributed by atoms with E-state index in [1.807, 2.05) is 55.5 Å². The molecule has 0 radical (unpaired) electrons. The standard InChI is InChI=1S/C24H17NO/c1-14-10-15(2)12-16(11-14)23-19-8-5-9-20-22(19)21(13-25-23)17-6-3-4-7-18(17)24(20)26/h3-13H,1-2H3/i1D3. The van der Waals surface area contributed by atoms with E-state index in [1.54, 1.807) is 18.3 Å². The van der Waals surface area contributed by atoms with Gasteiger partial charge < -0.3 is 0 Å². The summed E-state index contributed by atoms with van der Waals surface area (Å²) >= 11 is 0. The van der Waals surface area contributed by atoms with Crippen LogP contribution < -0.4 is 0 Å². The maximum absolute atomic E-state index is 13.1. The van der Waals surface area contributed by atoms with Gasteiger partial charge in [0.2, 0.25) is 0 Å². The molecule has 1 aromatic heterocycles. The molecule has 3 aromatic carbocycles. The number of carbonyl (C=O) groups excluding carboxylic acids is 1. The van der Waals surface area contributed by atoms with Crippen molar-refractivity contribution in [2.24, 2.45) is 0 Å². The molecule has 0 amide bonds. The third-order valence-electron chi connectivity index (χ3n) is 4.97. The number of aromatic nitrogens is 1. The molecule has 1 aliphatic rings. The minimum absolute atomic E-state index is 0.00303. The van der Waals surface area contributed by atoms with E-state index in [-0.39, 0.29) is 11.3 Å². The second kappa shape index (κ2) is 5.37. The Morgan fingerprint density at radius 3 is 2.46 bits per heavy atom. The van der Waals surface area contributed by atoms with E-state index in [1.165, 1.54) is 0 Å². The van der Waals surface area contributed by atoms with Crippen LogP contribution in [-0.4, -0.2) is 10.8 Å². The summed E-state index contributed by atoms with van der Waals surface area (Å²) in [4.78, 5) is 17.8. The van der Waals surface area contributed by atoms with Crippen molar-refractivity contribution in [1.29, 1.82) is 0 Å². The Morgan fingerprint density at radius 1 is 0.846 bits per heavy atom. The minimum Gasteiger partial charge on any atom is -0.289 e. The first-order valence-corrected chi connectivity index (χ1v) is 8.53. The van der Waals surface area contributed by atoms with Crippen molar-refractivity contribution in [2.45, 2.75) is 13.8 Å². The highest BCUT2D eigenvalue weighted by Crippen LogP contribution is 2.41. The maximum atomic E-state index is 13.1. The van der Waals surface area contributed by atoms with Crippen molar-refractivity contribution in [1.82, 2.24) is 4.98 Å². The number of hydrogen-bond acceptors (Lipinski definition) is 2. The first-order valence-electron chi connectivity index (χ1n) is 10.0. The van der Waals surface area contributed by atoms with Gasteiger partial charge in [0.15, 0.2) is 5.78 Å². The molecule has 0 aliphatic heterocycles. The fourth-order valence-electron chi connectivity index (χ4n) is 3.91. The van der Waals surface area contributed by atoms with Gasteiger partial charge in [-0.2, -0.15) is 0 Å².